The van der Waals surface area contributed by atoms with Gasteiger partial charge in [-0.15, -0.1) is 0 Å². The Morgan fingerprint density at radius 2 is 2.05 bits per heavy atom. The van der Waals surface area contributed by atoms with Crippen LogP contribution in [0.3, 0.4) is 0 Å². The van der Waals surface area contributed by atoms with Crippen molar-refractivity contribution in [1.29, 1.82) is 0 Å². The van der Waals surface area contributed by atoms with Crippen LogP contribution in [-0.2, 0) is 14.8 Å². The monoisotopic (exact) mass is 287 g/mol. The first-order chi connectivity index (χ1) is 9.01. The highest BCUT2D eigenvalue weighted by atomic mass is 32.2. The predicted octanol–water partition coefficient (Wildman–Crippen LogP) is 1.02. The lowest BCUT2D eigenvalue weighted by Gasteiger charge is -2.11. The molecule has 6 nitrogen and oxygen atoms in total. The fourth-order valence-corrected chi connectivity index (χ4v) is 2.35. The molecule has 0 unspecified atom stereocenters. The highest BCUT2D eigenvalue weighted by Crippen LogP contribution is 2.22. The molecular weight excluding hydrogens is 266 g/mol. The molecule has 0 atom stereocenters. The van der Waals surface area contributed by atoms with Crippen LogP contribution in [-0.4, -0.2) is 35.7 Å². The second-order valence-electron chi connectivity index (χ2n) is 4.08. The molecule has 1 aromatic rings. The second kappa shape index (κ2) is 7.32. The third-order valence-corrected chi connectivity index (χ3v) is 4.10. The van der Waals surface area contributed by atoms with E-state index in [9.17, 15) is 8.42 Å². The van der Waals surface area contributed by atoms with E-state index in [0.29, 0.717) is 5.69 Å². The lowest BCUT2D eigenvalue weighted by molar-refractivity contribution is 0.194. The molecule has 4 N–H and O–H groups in total. The van der Waals surface area contributed by atoms with Gasteiger partial charge in [0, 0.05) is 20.3 Å². The molecule has 0 aromatic heterocycles. The standard InChI is InChI=1S/C12H21N3O3S/c1-14-19(16,17)10-5-6-12(11(13)9-10)15-7-3-4-8-18-2/h5-6,9,14-15H,3-4,7-8,13H2,1-2H3. The molecule has 0 spiro atoms. The van der Waals surface area contributed by atoms with E-state index in [1.807, 2.05) is 0 Å². The number of hydrogen-bond donors (Lipinski definition) is 3. The van der Waals surface area contributed by atoms with Crippen molar-refractivity contribution in [1.82, 2.24) is 4.72 Å². The molecule has 0 heterocycles. The summed E-state index contributed by atoms with van der Waals surface area (Å²) in [4.78, 5) is 0.164. The van der Waals surface area contributed by atoms with Crippen LogP contribution >= 0.6 is 0 Å². The van der Waals surface area contributed by atoms with Crippen molar-refractivity contribution in [3.8, 4) is 0 Å². The minimum absolute atomic E-state index is 0.164. The SMILES string of the molecule is CNS(=O)(=O)c1ccc(NCCCCOC)c(N)c1. The van der Waals surface area contributed by atoms with E-state index in [1.165, 1.54) is 19.2 Å². The number of sulfonamides is 1. The third kappa shape index (κ3) is 4.70. The number of benzene rings is 1. The van der Waals surface area contributed by atoms with Crippen LogP contribution < -0.4 is 15.8 Å². The summed E-state index contributed by atoms with van der Waals surface area (Å²) in [5.41, 5.74) is 7.00. The first-order valence-electron chi connectivity index (χ1n) is 6.07. The van der Waals surface area contributed by atoms with Gasteiger partial charge < -0.3 is 15.8 Å². The molecule has 0 bridgehead atoms. The van der Waals surface area contributed by atoms with Crippen LogP contribution in [0, 0.1) is 0 Å². The zero-order chi connectivity index (χ0) is 14.3. The number of nitrogen functional groups attached to an aromatic ring is 1. The largest absolute Gasteiger partial charge is 0.397 e. The molecular formula is C12H21N3O3S. The Balaban J connectivity index is 2.63. The molecule has 1 aromatic carbocycles. The zero-order valence-electron chi connectivity index (χ0n) is 11.3. The van der Waals surface area contributed by atoms with Crippen molar-refractivity contribution in [3.05, 3.63) is 18.2 Å². The Kier molecular flexibility index (Phi) is 6.07. The summed E-state index contributed by atoms with van der Waals surface area (Å²) in [5, 5.41) is 3.17. The number of nitrogens with one attached hydrogen (secondary N) is 2. The van der Waals surface area contributed by atoms with Gasteiger partial charge in [-0.1, -0.05) is 0 Å². The topological polar surface area (TPSA) is 93.5 Å². The minimum Gasteiger partial charge on any atom is -0.397 e. The Labute approximate surface area is 114 Å². The maximum atomic E-state index is 11.6. The zero-order valence-corrected chi connectivity index (χ0v) is 12.1. The van der Waals surface area contributed by atoms with Gasteiger partial charge in [-0.2, -0.15) is 0 Å². The van der Waals surface area contributed by atoms with Gasteiger partial charge in [-0.25, -0.2) is 13.1 Å². The number of methoxy groups -OCH3 is 1. The van der Waals surface area contributed by atoms with Gasteiger partial charge in [0.05, 0.1) is 16.3 Å². The lowest BCUT2D eigenvalue weighted by Crippen LogP contribution is -2.18. The van der Waals surface area contributed by atoms with Crippen LogP contribution in [0.25, 0.3) is 0 Å². The quantitative estimate of drug-likeness (QED) is 0.490. The Morgan fingerprint density at radius 3 is 2.63 bits per heavy atom. The first kappa shape index (κ1) is 15.7. The fourth-order valence-electron chi connectivity index (χ4n) is 1.58. The summed E-state index contributed by atoms with van der Waals surface area (Å²) in [5.74, 6) is 0. The van der Waals surface area contributed by atoms with Crippen molar-refractivity contribution >= 4 is 21.4 Å². The highest BCUT2D eigenvalue weighted by Gasteiger charge is 2.12. The number of ether oxygens (including phenoxy) is 1. The maximum Gasteiger partial charge on any atom is 0.240 e. The van der Waals surface area contributed by atoms with E-state index in [0.717, 1.165) is 31.7 Å². The average Bonchev–Trinajstić information content (AvgIpc) is 2.40. The Bertz CT molecular complexity index is 503. The van der Waals surface area contributed by atoms with Crippen molar-refractivity contribution in [2.24, 2.45) is 0 Å². The molecule has 0 saturated carbocycles. The summed E-state index contributed by atoms with van der Waals surface area (Å²) in [6, 6.07) is 4.65. The Morgan fingerprint density at radius 1 is 1.32 bits per heavy atom. The van der Waals surface area contributed by atoms with Crippen molar-refractivity contribution in [3.63, 3.8) is 0 Å². The lowest BCUT2D eigenvalue weighted by atomic mass is 10.2. The normalized spacial score (nSPS) is 11.5. The van der Waals surface area contributed by atoms with Crippen LogP contribution in [0.15, 0.2) is 23.1 Å². The van der Waals surface area contributed by atoms with Gasteiger partial charge in [0.1, 0.15) is 0 Å². The number of hydrogen-bond acceptors (Lipinski definition) is 5. The summed E-state index contributed by atoms with van der Waals surface area (Å²) >= 11 is 0. The molecule has 1 rings (SSSR count). The average molecular weight is 287 g/mol. The van der Waals surface area contributed by atoms with E-state index in [1.54, 1.807) is 13.2 Å². The highest BCUT2D eigenvalue weighted by molar-refractivity contribution is 7.89. The maximum absolute atomic E-state index is 11.6. The smallest absolute Gasteiger partial charge is 0.240 e. The van der Waals surface area contributed by atoms with E-state index < -0.39 is 10.0 Å². The molecule has 0 saturated heterocycles. The third-order valence-electron chi connectivity index (χ3n) is 2.69. The van der Waals surface area contributed by atoms with Crippen LogP contribution in [0.1, 0.15) is 12.8 Å². The predicted molar refractivity (Wildman–Crippen MR) is 76.7 cm³/mol. The number of anilines is 2. The van der Waals surface area contributed by atoms with Crippen molar-refractivity contribution < 1.29 is 13.2 Å². The molecule has 0 aliphatic rings. The summed E-state index contributed by atoms with van der Waals surface area (Å²) in [6.07, 6.45) is 1.93. The molecule has 0 aliphatic carbocycles. The summed E-state index contributed by atoms with van der Waals surface area (Å²) < 4.78 is 30.4. The summed E-state index contributed by atoms with van der Waals surface area (Å²) in [6.45, 7) is 1.50. The molecule has 0 amide bonds. The van der Waals surface area contributed by atoms with Crippen LogP contribution in [0.5, 0.6) is 0 Å². The number of nitrogens with two attached hydrogens (primary N) is 1. The molecule has 0 fully saturated rings. The molecule has 0 aliphatic heterocycles. The van der Waals surface area contributed by atoms with Gasteiger partial charge in [-0.3, -0.25) is 0 Å². The van der Waals surface area contributed by atoms with Crippen molar-refractivity contribution in [2.75, 3.05) is 38.4 Å². The molecule has 19 heavy (non-hydrogen) atoms. The van der Waals surface area contributed by atoms with Gasteiger partial charge in [0.15, 0.2) is 0 Å². The fraction of sp³-hybridized carbons (Fsp3) is 0.500. The van der Waals surface area contributed by atoms with E-state index in [-0.39, 0.29) is 4.90 Å². The van der Waals surface area contributed by atoms with Crippen LogP contribution in [0.2, 0.25) is 0 Å². The first-order valence-corrected chi connectivity index (χ1v) is 7.55. The van der Waals surface area contributed by atoms with Gasteiger partial charge in [-0.05, 0) is 38.1 Å². The number of rotatable bonds is 8. The van der Waals surface area contributed by atoms with Crippen LogP contribution in [0.4, 0.5) is 11.4 Å². The van der Waals surface area contributed by atoms with Gasteiger partial charge >= 0.3 is 0 Å². The minimum atomic E-state index is -3.44. The number of unbranched alkanes of at least 4 members (excludes halogenated alkanes) is 1. The van der Waals surface area contributed by atoms with E-state index >= 15 is 0 Å². The van der Waals surface area contributed by atoms with E-state index in [2.05, 4.69) is 10.0 Å². The van der Waals surface area contributed by atoms with Gasteiger partial charge in [0.2, 0.25) is 10.0 Å². The Hall–Kier alpha value is -1.31. The van der Waals surface area contributed by atoms with E-state index in [4.69, 9.17) is 10.5 Å². The second-order valence-corrected chi connectivity index (χ2v) is 5.97. The molecule has 7 heteroatoms. The molecule has 108 valence electrons. The summed E-state index contributed by atoms with van der Waals surface area (Å²) in [7, 11) is -0.403. The van der Waals surface area contributed by atoms with Crippen molar-refractivity contribution in [2.45, 2.75) is 17.7 Å². The molecule has 0 radical (unpaired) electrons. The van der Waals surface area contributed by atoms with Gasteiger partial charge in [0.25, 0.3) is 0 Å².